The van der Waals surface area contributed by atoms with Gasteiger partial charge in [0.25, 0.3) is 0 Å². The third-order valence-electron chi connectivity index (χ3n) is 3.37. The molecule has 1 aromatic rings. The Balaban J connectivity index is 3.38. The van der Waals surface area contributed by atoms with Gasteiger partial charge in [-0.2, -0.15) is 13.2 Å². The number of rotatable bonds is 4. The number of alkyl halides is 3. The van der Waals surface area contributed by atoms with Crippen molar-refractivity contribution in [2.45, 2.75) is 38.6 Å². The van der Waals surface area contributed by atoms with Crippen molar-refractivity contribution in [1.29, 1.82) is 0 Å². The van der Waals surface area contributed by atoms with Crippen molar-refractivity contribution in [2.24, 2.45) is 11.7 Å². The van der Waals surface area contributed by atoms with E-state index in [-0.39, 0.29) is 5.92 Å². The van der Waals surface area contributed by atoms with E-state index in [0.29, 0.717) is 12.5 Å². The van der Waals surface area contributed by atoms with Gasteiger partial charge in [-0.05, 0) is 18.1 Å². The van der Waals surface area contributed by atoms with Gasteiger partial charge in [0.15, 0.2) is 0 Å². The first kappa shape index (κ1) is 17.2. The molecule has 3 N–H and O–H groups in total. The van der Waals surface area contributed by atoms with E-state index in [0.717, 1.165) is 6.07 Å². The topological polar surface area (TPSA) is 46.2 Å². The third kappa shape index (κ3) is 3.42. The average molecular weight is 314 g/mol. The van der Waals surface area contributed by atoms with Crippen LogP contribution in [-0.4, -0.2) is 11.2 Å². The molecule has 0 aliphatic rings. The highest BCUT2D eigenvalue weighted by Gasteiger charge is 2.39. The molecule has 2 nitrogen and oxygen atoms in total. The summed E-state index contributed by atoms with van der Waals surface area (Å²) in [6.45, 7) is 3.37. The smallest absolute Gasteiger partial charge is 0.391 e. The first-order valence-electron chi connectivity index (χ1n) is 6.10. The van der Waals surface area contributed by atoms with Crippen LogP contribution in [0.1, 0.15) is 37.4 Å². The zero-order valence-electron chi connectivity index (χ0n) is 11.0. The van der Waals surface area contributed by atoms with Crippen LogP contribution in [0.2, 0.25) is 5.02 Å². The minimum absolute atomic E-state index is 0.371. The molecule has 0 fully saturated rings. The van der Waals surface area contributed by atoms with Crippen molar-refractivity contribution < 1.29 is 22.7 Å². The first-order valence-corrected chi connectivity index (χ1v) is 6.47. The predicted octanol–water partition coefficient (Wildman–Crippen LogP) is 3.90. The Bertz CT molecular complexity index is 478. The second-order valence-electron chi connectivity index (χ2n) is 4.72. The summed E-state index contributed by atoms with van der Waals surface area (Å²) in [6.07, 6.45) is -5.57. The Labute approximate surface area is 119 Å². The number of benzene rings is 1. The van der Waals surface area contributed by atoms with E-state index >= 15 is 0 Å². The summed E-state index contributed by atoms with van der Waals surface area (Å²) in [4.78, 5) is 0. The van der Waals surface area contributed by atoms with Crippen LogP contribution in [0.5, 0.6) is 0 Å². The molecule has 0 heterocycles. The lowest BCUT2D eigenvalue weighted by molar-refractivity contribution is -0.139. The Morgan fingerprint density at radius 3 is 2.35 bits per heavy atom. The highest BCUT2D eigenvalue weighted by atomic mass is 35.5. The van der Waals surface area contributed by atoms with Crippen molar-refractivity contribution in [3.63, 3.8) is 0 Å². The van der Waals surface area contributed by atoms with Crippen molar-refractivity contribution in [3.8, 4) is 0 Å². The zero-order valence-corrected chi connectivity index (χ0v) is 11.8. The van der Waals surface area contributed by atoms with Gasteiger partial charge in [-0.25, -0.2) is 4.39 Å². The lowest BCUT2D eigenvalue weighted by atomic mass is 9.88. The molecule has 114 valence electrons. The standard InChI is InChI=1S/C13H16ClF4NO/c1-3-6(2)12(20)11(19)9-7(13(16,17)18)4-5-8(14)10(9)15/h4-6,11-12,20H,3,19H2,1-2H3/t6?,11-,12+/m1/s1. The van der Waals surface area contributed by atoms with Gasteiger partial charge in [-0.15, -0.1) is 0 Å². The minimum atomic E-state index is -4.77. The largest absolute Gasteiger partial charge is 0.416 e. The predicted molar refractivity (Wildman–Crippen MR) is 68.8 cm³/mol. The van der Waals surface area contributed by atoms with Crippen molar-refractivity contribution in [1.82, 2.24) is 0 Å². The van der Waals surface area contributed by atoms with Crippen LogP contribution in [0.25, 0.3) is 0 Å². The summed E-state index contributed by atoms with van der Waals surface area (Å²) in [7, 11) is 0. The van der Waals surface area contributed by atoms with Gasteiger partial charge >= 0.3 is 6.18 Å². The first-order chi connectivity index (χ1) is 9.11. The fraction of sp³-hybridized carbons (Fsp3) is 0.538. The molecular formula is C13H16ClF4NO. The second-order valence-corrected chi connectivity index (χ2v) is 5.13. The van der Waals surface area contributed by atoms with Gasteiger partial charge in [0.2, 0.25) is 0 Å². The average Bonchev–Trinajstić information content (AvgIpc) is 2.37. The lowest BCUT2D eigenvalue weighted by Gasteiger charge is -2.27. The maximum atomic E-state index is 13.9. The van der Waals surface area contributed by atoms with Crippen LogP contribution < -0.4 is 5.73 Å². The molecule has 1 rings (SSSR count). The van der Waals surface area contributed by atoms with Crippen molar-refractivity contribution in [2.75, 3.05) is 0 Å². The van der Waals surface area contributed by atoms with Gasteiger partial charge in [0.05, 0.1) is 22.7 Å². The van der Waals surface area contributed by atoms with Crippen LogP contribution in [0.15, 0.2) is 12.1 Å². The van der Waals surface area contributed by atoms with E-state index in [1.54, 1.807) is 13.8 Å². The molecular weight excluding hydrogens is 298 g/mol. The minimum Gasteiger partial charge on any atom is -0.391 e. The summed E-state index contributed by atoms with van der Waals surface area (Å²) >= 11 is 5.52. The molecule has 0 aliphatic carbocycles. The fourth-order valence-corrected chi connectivity index (χ4v) is 2.07. The molecule has 0 bridgehead atoms. The molecule has 20 heavy (non-hydrogen) atoms. The Morgan fingerprint density at radius 1 is 1.35 bits per heavy atom. The Morgan fingerprint density at radius 2 is 1.90 bits per heavy atom. The van der Waals surface area contributed by atoms with Gasteiger partial charge in [-0.3, -0.25) is 0 Å². The van der Waals surface area contributed by atoms with E-state index in [9.17, 15) is 22.7 Å². The number of aliphatic hydroxyl groups excluding tert-OH is 1. The Kier molecular flexibility index (Phi) is 5.40. The molecule has 0 radical (unpaired) electrons. The van der Waals surface area contributed by atoms with Crippen LogP contribution in [0, 0.1) is 11.7 Å². The molecule has 0 aromatic heterocycles. The molecule has 0 saturated heterocycles. The fourth-order valence-electron chi connectivity index (χ4n) is 1.91. The van der Waals surface area contributed by atoms with Crippen molar-refractivity contribution >= 4 is 11.6 Å². The van der Waals surface area contributed by atoms with Gasteiger partial charge in [0, 0.05) is 5.56 Å². The quantitative estimate of drug-likeness (QED) is 0.828. The maximum Gasteiger partial charge on any atom is 0.416 e. The highest BCUT2D eigenvalue weighted by molar-refractivity contribution is 6.30. The van der Waals surface area contributed by atoms with E-state index in [2.05, 4.69) is 0 Å². The number of hydrogen-bond acceptors (Lipinski definition) is 2. The summed E-state index contributed by atoms with van der Waals surface area (Å²) in [5, 5.41) is 9.48. The number of hydrogen-bond donors (Lipinski definition) is 2. The summed E-state index contributed by atoms with van der Waals surface area (Å²) in [5.74, 6) is -1.61. The lowest BCUT2D eigenvalue weighted by Crippen LogP contribution is -2.34. The second kappa shape index (κ2) is 6.28. The van der Waals surface area contributed by atoms with E-state index in [1.165, 1.54) is 0 Å². The molecule has 1 unspecified atom stereocenters. The van der Waals surface area contributed by atoms with Gasteiger partial charge in [0.1, 0.15) is 5.82 Å². The molecule has 0 spiro atoms. The van der Waals surface area contributed by atoms with Gasteiger partial charge < -0.3 is 10.8 Å². The number of aliphatic hydroxyl groups is 1. The van der Waals surface area contributed by atoms with Crippen LogP contribution >= 0.6 is 11.6 Å². The molecule has 0 aliphatic heterocycles. The van der Waals surface area contributed by atoms with Gasteiger partial charge in [-0.1, -0.05) is 31.9 Å². The SMILES string of the molecule is CCC(C)[C@H](O)[C@H](N)c1c(C(F)(F)F)ccc(Cl)c1F. The van der Waals surface area contributed by atoms with Crippen LogP contribution in [-0.2, 0) is 6.18 Å². The Hall–Kier alpha value is -0.850. The van der Waals surface area contributed by atoms with Crippen LogP contribution in [0.4, 0.5) is 17.6 Å². The van der Waals surface area contributed by atoms with E-state index in [1.807, 2.05) is 0 Å². The van der Waals surface area contributed by atoms with E-state index in [4.69, 9.17) is 17.3 Å². The summed E-state index contributed by atoms with van der Waals surface area (Å²) < 4.78 is 52.7. The van der Waals surface area contributed by atoms with Crippen molar-refractivity contribution in [3.05, 3.63) is 34.1 Å². The van der Waals surface area contributed by atoms with Crippen LogP contribution in [0.3, 0.4) is 0 Å². The van der Waals surface area contributed by atoms with E-state index < -0.39 is 40.3 Å². The summed E-state index contributed by atoms with van der Waals surface area (Å²) in [5.41, 5.74) is 3.63. The number of nitrogens with two attached hydrogens (primary N) is 1. The third-order valence-corrected chi connectivity index (χ3v) is 3.66. The zero-order chi connectivity index (χ0) is 15.7. The normalized spacial score (nSPS) is 16.9. The molecule has 1 aromatic carbocycles. The molecule has 0 amide bonds. The molecule has 3 atom stereocenters. The monoisotopic (exact) mass is 313 g/mol. The molecule has 7 heteroatoms. The summed E-state index contributed by atoms with van der Waals surface area (Å²) in [6, 6.07) is -0.00421. The number of halogens is 5. The highest BCUT2D eigenvalue weighted by Crippen LogP contribution is 2.39. The maximum absolute atomic E-state index is 13.9. The molecule has 0 saturated carbocycles.